The molecule has 0 aromatic heterocycles. The van der Waals surface area contributed by atoms with Gasteiger partial charge >= 0.3 is 11.9 Å². The second-order valence-electron chi connectivity index (χ2n) is 17.0. The van der Waals surface area contributed by atoms with E-state index < -0.39 is 24.3 Å². The molecule has 0 amide bonds. The lowest BCUT2D eigenvalue weighted by Crippen LogP contribution is -2.44. The molecule has 2 unspecified atom stereocenters. The van der Waals surface area contributed by atoms with Gasteiger partial charge in [0.1, 0.15) is 13.2 Å². The number of carbonyl (C=O) groups excluding carboxylic acids is 3. The van der Waals surface area contributed by atoms with Crippen LogP contribution in [0.3, 0.4) is 0 Å². The van der Waals surface area contributed by atoms with Crippen molar-refractivity contribution in [2.75, 3.05) is 47.5 Å². The van der Waals surface area contributed by atoms with Gasteiger partial charge in [0.15, 0.2) is 12.4 Å². The van der Waals surface area contributed by atoms with Crippen LogP contribution < -0.4 is 5.11 Å². The van der Waals surface area contributed by atoms with E-state index in [4.69, 9.17) is 18.9 Å². The van der Waals surface area contributed by atoms with Crippen LogP contribution in [-0.2, 0) is 33.3 Å². The average molecular weight is 868 g/mol. The van der Waals surface area contributed by atoms with Crippen LogP contribution in [0.15, 0.2) is 85.1 Å². The Balaban J connectivity index is 4.30. The number of aliphatic carboxylic acids is 1. The molecule has 0 aliphatic carbocycles. The van der Waals surface area contributed by atoms with Gasteiger partial charge in [-0.1, -0.05) is 163 Å². The Morgan fingerprint density at radius 2 is 0.919 bits per heavy atom. The van der Waals surface area contributed by atoms with Crippen LogP contribution in [-0.4, -0.2) is 82.3 Å². The zero-order valence-electron chi connectivity index (χ0n) is 40.0. The third-order valence-electron chi connectivity index (χ3n) is 9.86. The SMILES string of the molecule is CC/C=C\C/C=C\C/C=C\C/C=C\C/C=C\C/C=C\CCCCCCCCCCC(=O)OC(COC(=O)CCCCCCC/C=C\CCC)COC(OCC[N+](C)(C)C)C(=O)[O-]. The fraction of sp³-hybridized carbons (Fsp3) is 0.679. The van der Waals surface area contributed by atoms with Crippen molar-refractivity contribution in [1.29, 1.82) is 0 Å². The average Bonchev–Trinajstić information content (AvgIpc) is 3.23. The number of carbonyl (C=O) groups is 3. The number of ether oxygens (including phenoxy) is 4. The van der Waals surface area contributed by atoms with E-state index in [2.05, 4.69) is 98.9 Å². The Kier molecular flexibility index (Phi) is 41.6. The van der Waals surface area contributed by atoms with Crippen LogP contribution in [0.5, 0.6) is 0 Å². The quantitative estimate of drug-likeness (QED) is 0.0196. The number of hydrogen-bond acceptors (Lipinski definition) is 8. The van der Waals surface area contributed by atoms with Crippen molar-refractivity contribution in [3.63, 3.8) is 0 Å². The van der Waals surface area contributed by atoms with Gasteiger partial charge in [0.25, 0.3) is 0 Å². The van der Waals surface area contributed by atoms with Gasteiger partial charge in [-0.2, -0.15) is 0 Å². The van der Waals surface area contributed by atoms with Crippen molar-refractivity contribution < 1.29 is 42.9 Å². The first-order valence-electron chi connectivity index (χ1n) is 24.2. The Morgan fingerprint density at radius 3 is 1.39 bits per heavy atom. The van der Waals surface area contributed by atoms with E-state index in [1.165, 1.54) is 32.1 Å². The molecule has 0 aliphatic heterocycles. The van der Waals surface area contributed by atoms with Crippen molar-refractivity contribution in [3.8, 4) is 0 Å². The molecule has 0 radical (unpaired) electrons. The van der Waals surface area contributed by atoms with Gasteiger partial charge in [0.05, 0.1) is 40.3 Å². The van der Waals surface area contributed by atoms with Crippen LogP contribution in [0.1, 0.15) is 174 Å². The molecule has 0 bridgehead atoms. The topological polar surface area (TPSA) is 111 Å². The third kappa shape index (κ3) is 44.5. The number of carboxylic acids is 1. The summed E-state index contributed by atoms with van der Waals surface area (Å²) in [5.41, 5.74) is 0. The summed E-state index contributed by atoms with van der Waals surface area (Å²) in [6, 6.07) is 0. The highest BCUT2D eigenvalue weighted by atomic mass is 16.7. The fourth-order valence-corrected chi connectivity index (χ4v) is 6.13. The Morgan fingerprint density at radius 1 is 0.500 bits per heavy atom. The second kappa shape index (κ2) is 44.1. The maximum Gasteiger partial charge on any atom is 0.306 e. The first-order valence-corrected chi connectivity index (χ1v) is 24.2. The van der Waals surface area contributed by atoms with E-state index in [1.54, 1.807) is 0 Å². The van der Waals surface area contributed by atoms with Gasteiger partial charge in [-0.3, -0.25) is 9.59 Å². The number of hydrogen-bond donors (Lipinski definition) is 0. The van der Waals surface area contributed by atoms with E-state index in [0.717, 1.165) is 109 Å². The van der Waals surface area contributed by atoms with Crippen LogP contribution in [0.4, 0.5) is 0 Å². The smallest absolute Gasteiger partial charge is 0.306 e. The number of rotatable bonds is 43. The molecule has 62 heavy (non-hydrogen) atoms. The molecule has 0 heterocycles. The van der Waals surface area contributed by atoms with Gasteiger partial charge in [-0.05, 0) is 83.5 Å². The number of esters is 2. The Bertz CT molecular complexity index is 1290. The van der Waals surface area contributed by atoms with Crippen LogP contribution >= 0.6 is 0 Å². The van der Waals surface area contributed by atoms with E-state index in [-0.39, 0.29) is 38.6 Å². The zero-order valence-corrected chi connectivity index (χ0v) is 40.0. The second-order valence-corrected chi connectivity index (χ2v) is 17.0. The van der Waals surface area contributed by atoms with Crippen molar-refractivity contribution in [2.24, 2.45) is 0 Å². The zero-order chi connectivity index (χ0) is 45.6. The summed E-state index contributed by atoms with van der Waals surface area (Å²) in [5, 5.41) is 11.7. The van der Waals surface area contributed by atoms with Crippen LogP contribution in [0.25, 0.3) is 0 Å². The van der Waals surface area contributed by atoms with E-state index in [1.807, 2.05) is 21.1 Å². The maximum atomic E-state index is 12.8. The summed E-state index contributed by atoms with van der Waals surface area (Å²) >= 11 is 0. The molecule has 9 nitrogen and oxygen atoms in total. The predicted molar refractivity (Wildman–Crippen MR) is 255 cm³/mol. The number of quaternary nitrogens is 1. The summed E-state index contributed by atoms with van der Waals surface area (Å²) < 4.78 is 22.5. The number of carboxylic acid groups (broad SMARTS) is 1. The molecular formula is C53H89NO8. The number of allylic oxidation sites excluding steroid dienone is 14. The Hall–Kier alpha value is -3.53. The summed E-state index contributed by atoms with van der Waals surface area (Å²) in [4.78, 5) is 37.0. The first-order chi connectivity index (χ1) is 30.1. The van der Waals surface area contributed by atoms with Crippen molar-refractivity contribution in [3.05, 3.63) is 85.1 Å². The molecule has 0 rings (SSSR count). The molecule has 0 fully saturated rings. The molecule has 354 valence electrons. The molecule has 0 spiro atoms. The standard InChI is InChI=1S/C53H89NO8/c1-6-8-10-12-14-16-18-19-20-21-22-23-24-25-26-27-28-29-30-31-32-33-34-36-38-40-42-44-51(56)62-49(48-61-53(52(57)58)59-46-45-54(3,4)5)47-60-50(55)43-41-39-37-35-17-15-13-11-9-7-2/h8,10-11,13-14,16,19-20,22-23,25-26,28-29,49,53H,6-7,9,12,15,17-18,21,24,27,30-48H2,1-5H3/b10-8-,13-11-,16-14-,20-19-,23-22-,26-25-,29-28-. The summed E-state index contributed by atoms with van der Waals surface area (Å²) in [7, 11) is 5.89. The Labute approximate surface area is 379 Å². The lowest BCUT2D eigenvalue weighted by atomic mass is 10.1. The van der Waals surface area contributed by atoms with Crippen LogP contribution in [0.2, 0.25) is 0 Å². The molecule has 0 N–H and O–H groups in total. The molecule has 9 heteroatoms. The molecular weight excluding hydrogens is 779 g/mol. The molecule has 0 aliphatic rings. The summed E-state index contributed by atoms with van der Waals surface area (Å²) in [5.74, 6) is -2.32. The monoisotopic (exact) mass is 868 g/mol. The van der Waals surface area contributed by atoms with Crippen molar-refractivity contribution in [1.82, 2.24) is 0 Å². The van der Waals surface area contributed by atoms with E-state index in [0.29, 0.717) is 17.4 Å². The van der Waals surface area contributed by atoms with Crippen molar-refractivity contribution in [2.45, 2.75) is 187 Å². The maximum absolute atomic E-state index is 12.8. The highest BCUT2D eigenvalue weighted by Crippen LogP contribution is 2.13. The molecule has 0 aromatic rings. The summed E-state index contributed by atoms with van der Waals surface area (Å²) in [6.45, 7) is 4.52. The van der Waals surface area contributed by atoms with Gasteiger partial charge in [-0.15, -0.1) is 0 Å². The molecule has 2 atom stereocenters. The van der Waals surface area contributed by atoms with Gasteiger partial charge in [0, 0.05) is 12.8 Å². The predicted octanol–water partition coefficient (Wildman–Crippen LogP) is 11.9. The van der Waals surface area contributed by atoms with Gasteiger partial charge in [-0.25, -0.2) is 0 Å². The minimum Gasteiger partial charge on any atom is -0.545 e. The van der Waals surface area contributed by atoms with Crippen molar-refractivity contribution >= 4 is 17.9 Å². The number of unbranched alkanes of at least 4 members (excludes halogenated alkanes) is 14. The lowest BCUT2D eigenvalue weighted by molar-refractivity contribution is -0.870. The van der Waals surface area contributed by atoms with E-state index in [9.17, 15) is 19.5 Å². The van der Waals surface area contributed by atoms with Gasteiger partial charge < -0.3 is 33.3 Å². The molecule has 0 saturated heterocycles. The molecule has 0 aromatic carbocycles. The highest BCUT2D eigenvalue weighted by molar-refractivity contribution is 5.70. The summed E-state index contributed by atoms with van der Waals surface area (Å²) in [6.07, 6.45) is 53.4. The minimum atomic E-state index is -1.63. The highest BCUT2D eigenvalue weighted by Gasteiger charge is 2.21. The minimum absolute atomic E-state index is 0.140. The third-order valence-corrected chi connectivity index (χ3v) is 9.86. The normalized spacial score (nSPS) is 13.6. The number of nitrogens with zero attached hydrogens (tertiary/aromatic N) is 1. The van der Waals surface area contributed by atoms with E-state index >= 15 is 0 Å². The lowest BCUT2D eigenvalue weighted by Gasteiger charge is -2.26. The van der Waals surface area contributed by atoms with Gasteiger partial charge in [0.2, 0.25) is 0 Å². The number of likely N-dealkylation sites (N-methyl/N-ethyl adjacent to an activating group) is 1. The fourth-order valence-electron chi connectivity index (χ4n) is 6.13. The van der Waals surface area contributed by atoms with Crippen LogP contribution in [0, 0.1) is 0 Å². The first kappa shape index (κ1) is 58.5. The molecule has 0 saturated carbocycles. The largest absolute Gasteiger partial charge is 0.545 e.